The minimum Gasteiger partial charge on any atom is -0.371 e. The number of anilines is 1. The van der Waals surface area contributed by atoms with Crippen molar-refractivity contribution in [3.63, 3.8) is 0 Å². The monoisotopic (exact) mass is 294 g/mol. The molecule has 0 radical (unpaired) electrons. The molecule has 0 saturated carbocycles. The highest BCUT2D eigenvalue weighted by Gasteiger charge is 2.19. The van der Waals surface area contributed by atoms with Crippen LogP contribution in [0.25, 0.3) is 0 Å². The Bertz CT molecular complexity index is 420. The van der Waals surface area contributed by atoms with Gasteiger partial charge in [0.15, 0.2) is 0 Å². The van der Waals surface area contributed by atoms with Crippen molar-refractivity contribution in [3.05, 3.63) is 29.6 Å². The van der Waals surface area contributed by atoms with Crippen molar-refractivity contribution >= 4 is 5.69 Å². The van der Waals surface area contributed by atoms with E-state index >= 15 is 0 Å². The Labute approximate surface area is 129 Å². The van der Waals surface area contributed by atoms with Crippen LogP contribution in [0.5, 0.6) is 0 Å². The fourth-order valence-corrected chi connectivity index (χ4v) is 2.60. The van der Waals surface area contributed by atoms with E-state index in [1.807, 2.05) is 6.07 Å². The molecule has 21 heavy (non-hydrogen) atoms. The van der Waals surface area contributed by atoms with Crippen LogP contribution in [0.1, 0.15) is 59.1 Å². The molecule has 0 aliphatic heterocycles. The normalized spacial score (nSPS) is 14.0. The molecular weight excluding hydrogens is 263 g/mol. The fourth-order valence-electron chi connectivity index (χ4n) is 2.60. The van der Waals surface area contributed by atoms with E-state index in [1.54, 1.807) is 6.07 Å². The third-order valence-electron chi connectivity index (χ3n) is 4.11. The summed E-state index contributed by atoms with van der Waals surface area (Å²) in [6.07, 6.45) is 2.20. The number of benzene rings is 1. The Hall–Kier alpha value is -1.09. The predicted octanol–water partition coefficient (Wildman–Crippen LogP) is 4.76. The van der Waals surface area contributed by atoms with E-state index in [-0.39, 0.29) is 11.9 Å². The molecule has 0 amide bonds. The largest absolute Gasteiger partial charge is 0.371 e. The van der Waals surface area contributed by atoms with Gasteiger partial charge in [-0.05, 0) is 44.9 Å². The molecule has 1 aromatic rings. The van der Waals surface area contributed by atoms with Gasteiger partial charge in [-0.25, -0.2) is 4.39 Å². The van der Waals surface area contributed by atoms with Crippen LogP contribution >= 0.6 is 0 Å². The molecule has 0 aromatic heterocycles. The molecule has 0 aliphatic carbocycles. The summed E-state index contributed by atoms with van der Waals surface area (Å²) in [5, 5.41) is 3.41. The van der Waals surface area contributed by atoms with Gasteiger partial charge in [0.25, 0.3) is 0 Å². The molecule has 3 heteroatoms. The van der Waals surface area contributed by atoms with Crippen LogP contribution in [0, 0.1) is 11.7 Å². The molecule has 0 saturated heterocycles. The summed E-state index contributed by atoms with van der Waals surface area (Å²) >= 11 is 0. The van der Waals surface area contributed by atoms with Gasteiger partial charge in [-0.1, -0.05) is 33.3 Å². The van der Waals surface area contributed by atoms with Gasteiger partial charge in [-0.15, -0.1) is 0 Å². The molecule has 2 atom stereocenters. The van der Waals surface area contributed by atoms with Gasteiger partial charge in [0.1, 0.15) is 5.82 Å². The van der Waals surface area contributed by atoms with Gasteiger partial charge in [-0.3, -0.25) is 0 Å². The van der Waals surface area contributed by atoms with E-state index in [9.17, 15) is 4.39 Å². The predicted molar refractivity (Wildman–Crippen MR) is 90.5 cm³/mol. The molecule has 0 aliphatic rings. The van der Waals surface area contributed by atoms with Crippen LogP contribution in [0.3, 0.4) is 0 Å². The quantitative estimate of drug-likeness (QED) is 0.706. The molecule has 0 heterocycles. The SMILES string of the molecule is CCCNC(C)c1c(F)cccc1N(CC)CC(C)CC. The van der Waals surface area contributed by atoms with Gasteiger partial charge >= 0.3 is 0 Å². The van der Waals surface area contributed by atoms with E-state index in [0.29, 0.717) is 5.92 Å². The number of halogens is 1. The summed E-state index contributed by atoms with van der Waals surface area (Å²) in [5.74, 6) is 0.506. The highest BCUT2D eigenvalue weighted by atomic mass is 19.1. The number of hydrogen-bond acceptors (Lipinski definition) is 2. The summed E-state index contributed by atoms with van der Waals surface area (Å²) in [4.78, 5) is 2.30. The van der Waals surface area contributed by atoms with Gasteiger partial charge in [0, 0.05) is 30.4 Å². The lowest BCUT2D eigenvalue weighted by atomic mass is 10.0. The topological polar surface area (TPSA) is 15.3 Å². The standard InChI is InChI=1S/C18H31FN2/c1-6-12-20-15(5)18-16(19)10-9-11-17(18)21(8-3)13-14(4)7-2/h9-11,14-15,20H,6-8,12-13H2,1-5H3. The fraction of sp³-hybridized carbons (Fsp3) is 0.667. The van der Waals surface area contributed by atoms with Crippen LogP contribution in [-0.2, 0) is 0 Å². The van der Waals surface area contributed by atoms with Crippen LogP contribution in [0.2, 0.25) is 0 Å². The van der Waals surface area contributed by atoms with Crippen molar-refractivity contribution in [1.82, 2.24) is 5.32 Å². The first kappa shape index (κ1) is 18.0. The van der Waals surface area contributed by atoms with Gasteiger partial charge in [0.2, 0.25) is 0 Å². The molecule has 1 N–H and O–H groups in total. The Morgan fingerprint density at radius 2 is 1.90 bits per heavy atom. The second-order valence-corrected chi connectivity index (χ2v) is 5.90. The summed E-state index contributed by atoms with van der Waals surface area (Å²) in [6.45, 7) is 13.6. The summed E-state index contributed by atoms with van der Waals surface area (Å²) in [7, 11) is 0. The maximum Gasteiger partial charge on any atom is 0.130 e. The van der Waals surface area contributed by atoms with Crippen molar-refractivity contribution in [2.45, 2.75) is 53.5 Å². The van der Waals surface area contributed by atoms with Crippen LogP contribution < -0.4 is 10.2 Å². The van der Waals surface area contributed by atoms with E-state index < -0.39 is 0 Å². The van der Waals surface area contributed by atoms with Crippen LogP contribution in [-0.4, -0.2) is 19.6 Å². The maximum absolute atomic E-state index is 14.4. The zero-order valence-corrected chi connectivity index (χ0v) is 14.2. The number of nitrogens with one attached hydrogen (secondary N) is 1. The first-order chi connectivity index (χ1) is 10.0. The highest BCUT2D eigenvalue weighted by Crippen LogP contribution is 2.29. The average molecular weight is 294 g/mol. The highest BCUT2D eigenvalue weighted by molar-refractivity contribution is 5.55. The van der Waals surface area contributed by atoms with Crippen molar-refractivity contribution in [1.29, 1.82) is 0 Å². The molecule has 2 nitrogen and oxygen atoms in total. The van der Waals surface area contributed by atoms with Crippen LogP contribution in [0.15, 0.2) is 18.2 Å². The van der Waals surface area contributed by atoms with E-state index in [2.05, 4.69) is 50.9 Å². The molecule has 0 fully saturated rings. The lowest BCUT2D eigenvalue weighted by molar-refractivity contribution is 0.517. The van der Waals surface area contributed by atoms with E-state index in [1.165, 1.54) is 0 Å². The van der Waals surface area contributed by atoms with Crippen molar-refractivity contribution in [3.8, 4) is 0 Å². The molecule has 1 rings (SSSR count). The smallest absolute Gasteiger partial charge is 0.130 e. The van der Waals surface area contributed by atoms with E-state index in [4.69, 9.17) is 0 Å². The third-order valence-corrected chi connectivity index (χ3v) is 4.11. The molecule has 0 spiro atoms. The second kappa shape index (κ2) is 9.04. The van der Waals surface area contributed by atoms with Gasteiger partial charge in [0.05, 0.1) is 0 Å². The average Bonchev–Trinajstić information content (AvgIpc) is 2.49. The lowest BCUT2D eigenvalue weighted by Gasteiger charge is -2.30. The number of hydrogen-bond donors (Lipinski definition) is 1. The number of nitrogens with zero attached hydrogens (tertiary/aromatic N) is 1. The first-order valence-corrected chi connectivity index (χ1v) is 8.31. The molecular formula is C18H31FN2. The summed E-state index contributed by atoms with van der Waals surface area (Å²) in [6, 6.07) is 5.47. The Morgan fingerprint density at radius 3 is 2.48 bits per heavy atom. The van der Waals surface area contributed by atoms with Crippen LogP contribution in [0.4, 0.5) is 10.1 Å². The minimum atomic E-state index is -0.105. The Morgan fingerprint density at radius 1 is 1.19 bits per heavy atom. The van der Waals surface area contributed by atoms with Crippen molar-refractivity contribution in [2.24, 2.45) is 5.92 Å². The minimum absolute atomic E-state index is 0.0344. The summed E-state index contributed by atoms with van der Waals surface area (Å²) in [5.41, 5.74) is 1.84. The first-order valence-electron chi connectivity index (χ1n) is 8.31. The summed E-state index contributed by atoms with van der Waals surface area (Å²) < 4.78 is 14.4. The zero-order valence-electron chi connectivity index (χ0n) is 14.2. The Kier molecular flexibility index (Phi) is 7.73. The third kappa shape index (κ3) is 4.99. The van der Waals surface area contributed by atoms with Crippen molar-refractivity contribution in [2.75, 3.05) is 24.5 Å². The molecule has 1 aromatic carbocycles. The lowest BCUT2D eigenvalue weighted by Crippen LogP contribution is -2.31. The molecule has 120 valence electrons. The molecule has 2 unspecified atom stereocenters. The Balaban J connectivity index is 3.06. The number of rotatable bonds is 9. The second-order valence-electron chi connectivity index (χ2n) is 5.90. The van der Waals surface area contributed by atoms with Gasteiger partial charge < -0.3 is 10.2 Å². The maximum atomic E-state index is 14.4. The van der Waals surface area contributed by atoms with Crippen molar-refractivity contribution < 1.29 is 4.39 Å². The van der Waals surface area contributed by atoms with Gasteiger partial charge in [-0.2, -0.15) is 0 Å². The zero-order chi connectivity index (χ0) is 15.8. The molecule has 0 bridgehead atoms. The van der Waals surface area contributed by atoms with E-state index in [0.717, 1.165) is 43.7 Å².